The minimum atomic E-state index is 0.0134. The summed E-state index contributed by atoms with van der Waals surface area (Å²) in [5.74, 6) is 3.29. The lowest BCUT2D eigenvalue weighted by Gasteiger charge is -2.08. The smallest absolute Gasteiger partial charge is 0.0931 e. The van der Waals surface area contributed by atoms with Crippen molar-refractivity contribution in [2.24, 2.45) is 0 Å². The Morgan fingerprint density at radius 1 is 1.29 bits per heavy atom. The number of rotatable bonds is 8. The van der Waals surface area contributed by atoms with Crippen molar-refractivity contribution in [2.75, 3.05) is 11.5 Å². The van der Waals surface area contributed by atoms with Crippen LogP contribution in [0.2, 0.25) is 4.34 Å². The third-order valence-electron chi connectivity index (χ3n) is 2.97. The molecule has 2 nitrogen and oxygen atoms in total. The summed E-state index contributed by atoms with van der Waals surface area (Å²) in [6, 6.07) is 6.09. The van der Waals surface area contributed by atoms with Crippen LogP contribution in [-0.4, -0.2) is 21.6 Å². The number of nitrogens with zero attached hydrogens (tertiary/aromatic N) is 1. The number of thioether (sulfide) groups is 2. The summed E-state index contributed by atoms with van der Waals surface area (Å²) in [6.07, 6.45) is 2.95. The van der Waals surface area contributed by atoms with Crippen molar-refractivity contribution in [3.05, 3.63) is 44.9 Å². The molecule has 0 saturated carbocycles. The molecule has 0 fully saturated rings. The lowest BCUT2D eigenvalue weighted by Crippen LogP contribution is -1.95. The molecule has 0 unspecified atom stereocenters. The Bertz CT molecular complexity index is 574. The van der Waals surface area contributed by atoms with Crippen LogP contribution < -0.4 is 0 Å². The number of pyridine rings is 1. The van der Waals surface area contributed by atoms with Crippen LogP contribution >= 0.6 is 46.5 Å². The summed E-state index contributed by atoms with van der Waals surface area (Å²) in [5, 5.41) is 9.21. The van der Waals surface area contributed by atoms with Gasteiger partial charge in [-0.15, -0.1) is 23.1 Å². The lowest BCUT2D eigenvalue weighted by molar-refractivity contribution is 0.275. The summed E-state index contributed by atoms with van der Waals surface area (Å²) in [6.45, 7) is 2.04. The van der Waals surface area contributed by atoms with E-state index in [9.17, 15) is 5.11 Å². The van der Waals surface area contributed by atoms with Gasteiger partial charge < -0.3 is 5.11 Å². The molecule has 0 bridgehead atoms. The monoisotopic (exact) mass is 359 g/mol. The summed E-state index contributed by atoms with van der Waals surface area (Å²) in [7, 11) is 0. The highest BCUT2D eigenvalue weighted by molar-refractivity contribution is 7.99. The number of thiophene rings is 1. The van der Waals surface area contributed by atoms with Crippen molar-refractivity contribution in [3.63, 3.8) is 0 Å². The van der Waals surface area contributed by atoms with Crippen LogP contribution in [0.4, 0.5) is 0 Å². The van der Waals surface area contributed by atoms with Crippen molar-refractivity contribution in [1.29, 1.82) is 0 Å². The molecular weight excluding hydrogens is 342 g/mol. The Labute approximate surface area is 143 Å². The van der Waals surface area contributed by atoms with Gasteiger partial charge in [-0.25, -0.2) is 0 Å². The van der Waals surface area contributed by atoms with E-state index in [4.69, 9.17) is 11.6 Å². The van der Waals surface area contributed by atoms with Gasteiger partial charge in [0, 0.05) is 21.7 Å². The van der Waals surface area contributed by atoms with Crippen molar-refractivity contribution in [1.82, 2.24) is 4.98 Å². The van der Waals surface area contributed by atoms with Crippen LogP contribution in [0.25, 0.3) is 0 Å². The Hall–Kier alpha value is -0.200. The summed E-state index contributed by atoms with van der Waals surface area (Å²) in [5.41, 5.74) is 1.88. The summed E-state index contributed by atoms with van der Waals surface area (Å²) < 4.78 is 0.869. The average Bonchev–Trinajstić information content (AvgIpc) is 2.90. The molecule has 0 amide bonds. The number of aliphatic hydroxyl groups is 1. The molecule has 0 aliphatic carbocycles. The molecule has 0 aliphatic heterocycles. The van der Waals surface area contributed by atoms with E-state index in [0.29, 0.717) is 0 Å². The van der Waals surface area contributed by atoms with E-state index in [-0.39, 0.29) is 6.61 Å². The van der Waals surface area contributed by atoms with Crippen molar-refractivity contribution in [2.45, 2.75) is 30.6 Å². The average molecular weight is 360 g/mol. The Balaban J connectivity index is 1.66. The summed E-state index contributed by atoms with van der Waals surface area (Å²) in [4.78, 5) is 6.74. The molecule has 2 aromatic heterocycles. The maximum Gasteiger partial charge on any atom is 0.0931 e. The highest BCUT2D eigenvalue weighted by atomic mass is 35.5. The van der Waals surface area contributed by atoms with Gasteiger partial charge in [0.25, 0.3) is 0 Å². The molecule has 2 aromatic rings. The van der Waals surface area contributed by atoms with E-state index in [0.717, 1.165) is 32.9 Å². The first-order valence-corrected chi connectivity index (χ1v) is 10.0. The third-order valence-corrected chi connectivity index (χ3v) is 6.72. The molecule has 114 valence electrons. The minimum Gasteiger partial charge on any atom is -0.390 e. The first-order chi connectivity index (χ1) is 10.2. The zero-order valence-electron chi connectivity index (χ0n) is 11.8. The van der Waals surface area contributed by atoms with E-state index >= 15 is 0 Å². The zero-order chi connectivity index (χ0) is 15.1. The first kappa shape index (κ1) is 17.2. The van der Waals surface area contributed by atoms with E-state index < -0.39 is 0 Å². The van der Waals surface area contributed by atoms with Crippen LogP contribution in [0.15, 0.2) is 29.3 Å². The molecule has 0 atom stereocenters. The SMILES string of the molecule is Cc1c(SCCCSCc2ccc(Cl)s2)ccnc1CO. The van der Waals surface area contributed by atoms with Gasteiger partial charge in [0.1, 0.15) is 0 Å². The molecule has 1 N–H and O–H groups in total. The zero-order valence-corrected chi connectivity index (χ0v) is 15.0. The van der Waals surface area contributed by atoms with Crippen LogP contribution in [0.3, 0.4) is 0 Å². The number of aromatic nitrogens is 1. The number of halogens is 1. The van der Waals surface area contributed by atoms with Gasteiger partial charge in [0.15, 0.2) is 0 Å². The van der Waals surface area contributed by atoms with Gasteiger partial charge in [-0.2, -0.15) is 11.8 Å². The van der Waals surface area contributed by atoms with Crippen LogP contribution in [0.1, 0.15) is 22.6 Å². The Kier molecular flexibility index (Phi) is 7.40. The maximum atomic E-state index is 9.21. The van der Waals surface area contributed by atoms with E-state index in [2.05, 4.69) is 11.1 Å². The standard InChI is InChI=1S/C15H18ClNOS3/c1-11-13(9-18)17-6-5-14(11)20-8-2-7-19-10-12-3-4-15(16)21-12/h3-6,18H,2,7-10H2,1H3. The molecule has 2 heterocycles. The fourth-order valence-corrected chi connectivity index (χ4v) is 5.16. The molecule has 0 radical (unpaired) electrons. The molecule has 0 aliphatic rings. The number of hydrogen-bond acceptors (Lipinski definition) is 5. The van der Waals surface area contributed by atoms with Gasteiger partial charge in [-0.05, 0) is 48.6 Å². The number of aliphatic hydroxyl groups excluding tert-OH is 1. The van der Waals surface area contributed by atoms with Crippen molar-refractivity contribution >= 4 is 46.5 Å². The predicted octanol–water partition coefficient (Wildman–Crippen LogP) is 5.01. The van der Waals surface area contributed by atoms with Gasteiger partial charge in [-0.1, -0.05) is 11.6 Å². The second-order valence-corrected chi connectivity index (χ2v) is 8.54. The Morgan fingerprint density at radius 3 is 2.86 bits per heavy atom. The first-order valence-electron chi connectivity index (χ1n) is 6.71. The molecule has 2 rings (SSSR count). The fraction of sp³-hybridized carbons (Fsp3) is 0.400. The van der Waals surface area contributed by atoms with E-state index in [1.807, 2.05) is 42.6 Å². The predicted molar refractivity (Wildman–Crippen MR) is 95.7 cm³/mol. The second kappa shape index (κ2) is 9.06. The quantitative estimate of drug-likeness (QED) is 0.530. The highest BCUT2D eigenvalue weighted by Crippen LogP contribution is 2.27. The third kappa shape index (κ3) is 5.49. The highest BCUT2D eigenvalue weighted by Gasteiger charge is 2.05. The normalized spacial score (nSPS) is 11.0. The van der Waals surface area contributed by atoms with Gasteiger partial charge >= 0.3 is 0 Å². The molecule has 21 heavy (non-hydrogen) atoms. The lowest BCUT2D eigenvalue weighted by atomic mass is 10.2. The fourth-order valence-electron chi connectivity index (χ4n) is 1.82. The molecule has 0 spiro atoms. The Morgan fingerprint density at radius 2 is 2.14 bits per heavy atom. The van der Waals surface area contributed by atoms with Crippen LogP contribution in [-0.2, 0) is 12.4 Å². The van der Waals surface area contributed by atoms with Crippen LogP contribution in [0.5, 0.6) is 0 Å². The van der Waals surface area contributed by atoms with E-state index in [1.54, 1.807) is 17.5 Å². The maximum absolute atomic E-state index is 9.21. The molecule has 0 saturated heterocycles. The van der Waals surface area contributed by atoms with Crippen molar-refractivity contribution < 1.29 is 5.11 Å². The number of hydrogen-bond donors (Lipinski definition) is 1. The largest absolute Gasteiger partial charge is 0.390 e. The molecular formula is C15H18ClNOS3. The van der Waals surface area contributed by atoms with Crippen LogP contribution in [0, 0.1) is 6.92 Å². The topological polar surface area (TPSA) is 33.1 Å². The second-order valence-electron chi connectivity index (χ2n) is 4.50. The van der Waals surface area contributed by atoms with Crippen molar-refractivity contribution in [3.8, 4) is 0 Å². The van der Waals surface area contributed by atoms with Gasteiger partial charge in [-0.3, -0.25) is 4.98 Å². The molecule has 0 aromatic carbocycles. The summed E-state index contributed by atoms with van der Waals surface area (Å²) >= 11 is 11.4. The molecule has 6 heteroatoms. The van der Waals surface area contributed by atoms with E-state index in [1.165, 1.54) is 16.2 Å². The minimum absolute atomic E-state index is 0.0134. The van der Waals surface area contributed by atoms with Gasteiger partial charge in [0.2, 0.25) is 0 Å². The van der Waals surface area contributed by atoms with Gasteiger partial charge in [0.05, 0.1) is 16.6 Å².